The normalized spacial score (nSPS) is 23.0. The van der Waals surface area contributed by atoms with Crippen LogP contribution in [0.3, 0.4) is 0 Å². The number of sulfonamides is 1. The van der Waals surface area contributed by atoms with Gasteiger partial charge in [0.05, 0.1) is 5.56 Å². The lowest BCUT2D eigenvalue weighted by Crippen LogP contribution is -2.49. The Morgan fingerprint density at radius 3 is 2.57 bits per heavy atom. The van der Waals surface area contributed by atoms with Crippen molar-refractivity contribution in [2.45, 2.75) is 42.7 Å². The highest BCUT2D eigenvalue weighted by molar-refractivity contribution is 7.89. The van der Waals surface area contributed by atoms with Crippen molar-refractivity contribution in [1.82, 2.24) is 4.72 Å². The molecule has 116 valence electrons. The van der Waals surface area contributed by atoms with Gasteiger partial charge in [-0.05, 0) is 31.0 Å². The number of benzene rings is 1. The van der Waals surface area contributed by atoms with Crippen LogP contribution < -0.4 is 10.5 Å². The van der Waals surface area contributed by atoms with Gasteiger partial charge in [-0.3, -0.25) is 0 Å². The molecule has 1 aromatic rings. The zero-order valence-electron chi connectivity index (χ0n) is 11.3. The first-order chi connectivity index (χ1) is 9.81. The Morgan fingerprint density at radius 1 is 1.33 bits per heavy atom. The van der Waals surface area contributed by atoms with Crippen molar-refractivity contribution in [2.75, 3.05) is 0 Å². The quantitative estimate of drug-likeness (QED) is 0.770. The summed E-state index contributed by atoms with van der Waals surface area (Å²) in [6, 6.07) is 1.98. The summed E-state index contributed by atoms with van der Waals surface area (Å²) in [7, 11) is -4.06. The summed E-state index contributed by atoms with van der Waals surface area (Å²) >= 11 is 0. The molecule has 1 aliphatic rings. The molecule has 1 aromatic carbocycles. The molecule has 0 saturated heterocycles. The minimum Gasteiger partial charge on any atom is -0.478 e. The Hall–Kier alpha value is -1.51. The molecule has 6 nitrogen and oxygen atoms in total. The lowest BCUT2D eigenvalue weighted by molar-refractivity contribution is 0.0696. The van der Waals surface area contributed by atoms with Crippen molar-refractivity contribution in [3.8, 4) is 0 Å². The molecule has 8 heteroatoms. The van der Waals surface area contributed by atoms with E-state index in [4.69, 9.17) is 10.8 Å². The minimum absolute atomic E-state index is 0.296. The van der Waals surface area contributed by atoms with Gasteiger partial charge in [0.1, 0.15) is 10.7 Å². The number of nitrogens with two attached hydrogens (primary N) is 1. The topological polar surface area (TPSA) is 109 Å². The van der Waals surface area contributed by atoms with Gasteiger partial charge < -0.3 is 10.8 Å². The number of aromatic carboxylic acids is 1. The van der Waals surface area contributed by atoms with Crippen LogP contribution in [-0.4, -0.2) is 31.6 Å². The molecule has 0 aliphatic heterocycles. The fourth-order valence-corrected chi connectivity index (χ4v) is 3.80. The average Bonchev–Trinajstić information content (AvgIpc) is 2.40. The number of rotatable bonds is 4. The summed E-state index contributed by atoms with van der Waals surface area (Å²) in [6.07, 6.45) is 3.13. The number of carboxylic acids is 1. The van der Waals surface area contributed by atoms with Crippen molar-refractivity contribution in [1.29, 1.82) is 0 Å². The first-order valence-corrected chi connectivity index (χ1v) is 8.10. The molecule has 4 N–H and O–H groups in total. The predicted octanol–water partition coefficient (Wildman–Crippen LogP) is 1.07. The average molecular weight is 316 g/mol. The molecule has 0 heterocycles. The highest BCUT2D eigenvalue weighted by atomic mass is 32.2. The van der Waals surface area contributed by atoms with E-state index in [1.54, 1.807) is 0 Å². The van der Waals surface area contributed by atoms with Crippen LogP contribution in [0.4, 0.5) is 4.39 Å². The molecule has 1 aliphatic carbocycles. The van der Waals surface area contributed by atoms with E-state index >= 15 is 0 Å². The van der Waals surface area contributed by atoms with E-state index in [1.807, 2.05) is 0 Å². The third-order valence-corrected chi connectivity index (χ3v) is 5.12. The van der Waals surface area contributed by atoms with Gasteiger partial charge in [0.15, 0.2) is 0 Å². The largest absolute Gasteiger partial charge is 0.478 e. The van der Waals surface area contributed by atoms with Crippen molar-refractivity contribution in [3.05, 3.63) is 29.6 Å². The number of hydrogen-bond donors (Lipinski definition) is 3. The fourth-order valence-electron chi connectivity index (χ4n) is 2.42. The minimum atomic E-state index is -4.06. The maximum absolute atomic E-state index is 13.8. The number of hydrogen-bond acceptors (Lipinski definition) is 4. The highest BCUT2D eigenvalue weighted by Crippen LogP contribution is 2.21. The Bertz CT molecular complexity index is 648. The summed E-state index contributed by atoms with van der Waals surface area (Å²) in [5, 5.41) is 8.75. The van der Waals surface area contributed by atoms with Crippen molar-refractivity contribution < 1.29 is 22.7 Å². The van der Waals surface area contributed by atoms with Crippen LogP contribution in [0.2, 0.25) is 0 Å². The zero-order chi connectivity index (χ0) is 15.6. The molecule has 2 unspecified atom stereocenters. The van der Waals surface area contributed by atoms with Crippen LogP contribution in [-0.2, 0) is 10.0 Å². The van der Waals surface area contributed by atoms with E-state index in [-0.39, 0.29) is 11.6 Å². The summed E-state index contributed by atoms with van der Waals surface area (Å²) < 4.78 is 40.6. The van der Waals surface area contributed by atoms with Gasteiger partial charge in [-0.25, -0.2) is 22.3 Å². The number of carbonyl (C=O) groups is 1. The molecule has 2 rings (SSSR count). The second-order valence-electron chi connectivity index (χ2n) is 5.13. The van der Waals surface area contributed by atoms with Crippen LogP contribution in [0.1, 0.15) is 36.0 Å². The summed E-state index contributed by atoms with van der Waals surface area (Å²) in [4.78, 5) is 10.2. The molecule has 0 spiro atoms. The number of nitrogens with one attached hydrogen (secondary N) is 1. The van der Waals surface area contributed by atoms with Crippen LogP contribution in [0.15, 0.2) is 23.1 Å². The standard InChI is InChI=1S/C13H17FN2O4S/c14-9-7-8(13(17)18)5-6-12(9)21(19,20)16-11-4-2-1-3-10(11)15/h5-7,10-11,16H,1-4,15H2,(H,17,18). The Labute approximate surface area is 122 Å². The van der Waals surface area contributed by atoms with Gasteiger partial charge in [-0.2, -0.15) is 0 Å². The Balaban J connectivity index is 2.25. The van der Waals surface area contributed by atoms with Gasteiger partial charge in [-0.1, -0.05) is 12.8 Å². The lowest BCUT2D eigenvalue weighted by Gasteiger charge is -2.29. The van der Waals surface area contributed by atoms with E-state index in [1.165, 1.54) is 0 Å². The fraction of sp³-hybridized carbons (Fsp3) is 0.462. The smallest absolute Gasteiger partial charge is 0.335 e. The van der Waals surface area contributed by atoms with Crippen LogP contribution >= 0.6 is 0 Å². The SMILES string of the molecule is NC1CCCCC1NS(=O)(=O)c1ccc(C(=O)O)cc1F. The lowest BCUT2D eigenvalue weighted by atomic mass is 9.92. The van der Waals surface area contributed by atoms with Crippen molar-refractivity contribution in [2.24, 2.45) is 5.73 Å². The van der Waals surface area contributed by atoms with E-state index in [2.05, 4.69) is 4.72 Å². The molecular formula is C13H17FN2O4S. The summed E-state index contributed by atoms with van der Waals surface area (Å²) in [5.41, 5.74) is 5.56. The van der Waals surface area contributed by atoms with Gasteiger partial charge in [-0.15, -0.1) is 0 Å². The second kappa shape index (κ2) is 6.08. The third-order valence-electron chi connectivity index (χ3n) is 3.59. The van der Waals surface area contributed by atoms with Gasteiger partial charge in [0, 0.05) is 12.1 Å². The molecule has 0 bridgehead atoms. The van der Waals surface area contributed by atoms with E-state index < -0.39 is 32.7 Å². The highest BCUT2D eigenvalue weighted by Gasteiger charge is 2.29. The summed E-state index contributed by atoms with van der Waals surface area (Å²) in [5.74, 6) is -2.41. The molecule has 0 aromatic heterocycles. The van der Waals surface area contributed by atoms with Gasteiger partial charge >= 0.3 is 5.97 Å². The summed E-state index contributed by atoms with van der Waals surface area (Å²) in [6.45, 7) is 0. The van der Waals surface area contributed by atoms with Crippen LogP contribution in [0, 0.1) is 5.82 Å². The van der Waals surface area contributed by atoms with Gasteiger partial charge in [0.25, 0.3) is 0 Å². The maximum atomic E-state index is 13.8. The molecule has 2 atom stereocenters. The van der Waals surface area contributed by atoms with E-state index in [9.17, 15) is 17.6 Å². The molecule has 1 fully saturated rings. The molecular weight excluding hydrogens is 299 g/mol. The molecule has 21 heavy (non-hydrogen) atoms. The first kappa shape index (κ1) is 15.9. The van der Waals surface area contributed by atoms with Gasteiger partial charge in [0.2, 0.25) is 10.0 Å². The monoisotopic (exact) mass is 316 g/mol. The van der Waals surface area contributed by atoms with Crippen LogP contribution in [0.5, 0.6) is 0 Å². The Morgan fingerprint density at radius 2 is 2.00 bits per heavy atom. The maximum Gasteiger partial charge on any atom is 0.335 e. The van der Waals surface area contributed by atoms with Crippen molar-refractivity contribution >= 4 is 16.0 Å². The van der Waals surface area contributed by atoms with E-state index in [0.29, 0.717) is 18.9 Å². The molecule has 0 radical (unpaired) electrons. The third kappa shape index (κ3) is 3.58. The number of carboxylic acid groups (broad SMARTS) is 1. The first-order valence-electron chi connectivity index (χ1n) is 6.62. The number of halogens is 1. The Kier molecular flexibility index (Phi) is 4.60. The van der Waals surface area contributed by atoms with Crippen molar-refractivity contribution in [3.63, 3.8) is 0 Å². The second-order valence-corrected chi connectivity index (χ2v) is 6.81. The predicted molar refractivity (Wildman–Crippen MR) is 73.9 cm³/mol. The van der Waals surface area contributed by atoms with Crippen LogP contribution in [0.25, 0.3) is 0 Å². The molecule has 1 saturated carbocycles. The zero-order valence-corrected chi connectivity index (χ0v) is 12.1. The van der Waals surface area contributed by atoms with E-state index in [0.717, 1.165) is 25.0 Å². The molecule has 0 amide bonds.